The minimum absolute atomic E-state index is 0.00345. The Balaban J connectivity index is 0.858. The Hall–Kier alpha value is -6.22. The zero-order valence-corrected chi connectivity index (χ0v) is 39.3. The molecule has 2 atom stereocenters. The number of urea groups is 1. The molecule has 0 radical (unpaired) electrons. The molecule has 4 amide bonds. The molecule has 0 spiro atoms. The summed E-state index contributed by atoms with van der Waals surface area (Å²) in [6.07, 6.45) is 2.75. The first-order valence-corrected chi connectivity index (χ1v) is 24.6. The highest BCUT2D eigenvalue weighted by Gasteiger charge is 2.42. The molecule has 354 valence electrons. The standard InChI is InChI=1S/C46H50ClN7O11S2/c1-46(2)23-32(48-31-9-5-7-29(21-31)40-38(47)39(65-24-37(56)57)41(66-40)43(59)60)16-19-53(46)67(63,64)25-26-6-4-8-30(20-26)49-44(61)52-17-14-27(15-18-52)28-10-11-33-35(22-28)51(3)45(62)54(33)34-12-13-36(55)50-42(34)58/h4-11,20-22,27,32,34,48H,12-19,23-25H2,1-3H3,(H,49,61)(H,56,57)(H,59,60)(H,50,55,58)/t32-,34?/m0/s1. The van der Waals surface area contributed by atoms with Gasteiger partial charge in [-0.05, 0) is 105 Å². The van der Waals surface area contributed by atoms with E-state index >= 15 is 0 Å². The van der Waals surface area contributed by atoms with Gasteiger partial charge in [0, 0.05) is 56.1 Å². The van der Waals surface area contributed by atoms with Gasteiger partial charge in [-0.1, -0.05) is 41.9 Å². The maximum Gasteiger partial charge on any atom is 0.349 e. The van der Waals surface area contributed by atoms with Crippen LogP contribution in [0.2, 0.25) is 5.02 Å². The number of rotatable bonds is 13. The third-order valence-corrected chi connectivity index (χ3v) is 16.4. The number of nitrogens with one attached hydrogen (secondary N) is 3. The van der Waals surface area contributed by atoms with Gasteiger partial charge in [0.05, 0.1) is 21.7 Å². The van der Waals surface area contributed by atoms with Crippen molar-refractivity contribution in [2.75, 3.05) is 36.9 Å². The highest BCUT2D eigenvalue weighted by molar-refractivity contribution is 7.88. The van der Waals surface area contributed by atoms with E-state index in [-0.39, 0.29) is 70.4 Å². The number of anilines is 2. The smallest absolute Gasteiger partial charge is 0.349 e. The van der Waals surface area contributed by atoms with Gasteiger partial charge in [-0.3, -0.25) is 24.0 Å². The van der Waals surface area contributed by atoms with Crippen LogP contribution in [0.15, 0.2) is 71.5 Å². The number of likely N-dealkylation sites (tertiary alicyclic amines) is 1. The van der Waals surface area contributed by atoms with Crippen molar-refractivity contribution in [3.05, 3.63) is 98.2 Å². The Labute approximate surface area is 394 Å². The van der Waals surface area contributed by atoms with Crippen LogP contribution in [-0.4, -0.2) is 105 Å². The van der Waals surface area contributed by atoms with Gasteiger partial charge >= 0.3 is 23.7 Å². The number of piperidine rings is 3. The summed E-state index contributed by atoms with van der Waals surface area (Å²) in [5, 5.41) is 27.5. The summed E-state index contributed by atoms with van der Waals surface area (Å²) in [6.45, 7) is 4.22. The normalized spacial score (nSPS) is 19.3. The van der Waals surface area contributed by atoms with Crippen molar-refractivity contribution in [2.24, 2.45) is 7.05 Å². The lowest BCUT2D eigenvalue weighted by Gasteiger charge is -2.45. The molecule has 0 saturated carbocycles. The predicted molar refractivity (Wildman–Crippen MR) is 253 cm³/mol. The number of carbonyl (C=O) groups is 5. The average molecular weight is 977 g/mol. The summed E-state index contributed by atoms with van der Waals surface area (Å²) in [6, 6.07) is 18.6. The molecule has 2 aromatic heterocycles. The zero-order chi connectivity index (χ0) is 47.9. The summed E-state index contributed by atoms with van der Waals surface area (Å²) in [5.41, 5.74) is 3.53. The Morgan fingerprint density at radius 2 is 1.66 bits per heavy atom. The van der Waals surface area contributed by atoms with Gasteiger partial charge in [-0.15, -0.1) is 11.3 Å². The van der Waals surface area contributed by atoms with Gasteiger partial charge in [0.1, 0.15) is 11.1 Å². The third kappa shape index (κ3) is 9.93. The Bertz CT molecular complexity index is 2970. The summed E-state index contributed by atoms with van der Waals surface area (Å²) in [4.78, 5) is 76.0. The maximum atomic E-state index is 14.0. The second-order valence-corrected chi connectivity index (χ2v) is 21.1. The maximum absolute atomic E-state index is 14.0. The number of imidazole rings is 1. The van der Waals surface area contributed by atoms with Crippen LogP contribution in [0.3, 0.4) is 0 Å². The van der Waals surface area contributed by atoms with Gasteiger partial charge in [-0.25, -0.2) is 27.6 Å². The monoisotopic (exact) mass is 975 g/mol. The number of aryl methyl sites for hydroxylation is 1. The van der Waals surface area contributed by atoms with Crippen molar-refractivity contribution in [3.63, 3.8) is 0 Å². The SMILES string of the molecule is Cn1c(=O)n(C2CCC(=O)NC2=O)c2ccc(C3CCN(C(=O)Nc4cccc(CS(=O)(=O)N5CC[C@H](Nc6cccc(-c7sc(C(=O)O)c(OCC(=O)O)c7Cl)c6)CC5(C)C)c4)CC3)cc21. The van der Waals surface area contributed by atoms with Crippen molar-refractivity contribution in [1.82, 2.24) is 23.7 Å². The van der Waals surface area contributed by atoms with Gasteiger partial charge in [-0.2, -0.15) is 4.31 Å². The fourth-order valence-corrected chi connectivity index (χ4v) is 12.9. The number of carboxylic acids is 2. The molecule has 0 bridgehead atoms. The number of hydrogen-bond acceptors (Lipinski definition) is 11. The first-order chi connectivity index (χ1) is 31.8. The lowest BCUT2D eigenvalue weighted by Crippen LogP contribution is -2.55. The number of carboxylic acid groups (broad SMARTS) is 2. The molecule has 1 unspecified atom stereocenters. The van der Waals surface area contributed by atoms with Crippen molar-refractivity contribution in [3.8, 4) is 16.2 Å². The zero-order valence-electron chi connectivity index (χ0n) is 36.9. The molecule has 3 saturated heterocycles. The molecule has 8 rings (SSSR count). The Kier molecular flexibility index (Phi) is 13.3. The molecular formula is C46H50ClN7O11S2. The number of halogens is 1. The van der Waals surface area contributed by atoms with Crippen molar-refractivity contribution < 1.29 is 47.3 Å². The van der Waals surface area contributed by atoms with Gasteiger partial charge in [0.2, 0.25) is 21.8 Å². The average Bonchev–Trinajstić information content (AvgIpc) is 3.73. The molecule has 3 aliphatic heterocycles. The van der Waals surface area contributed by atoms with E-state index in [2.05, 4.69) is 16.0 Å². The van der Waals surface area contributed by atoms with Crippen molar-refractivity contribution in [2.45, 2.75) is 81.7 Å². The van der Waals surface area contributed by atoms with E-state index < -0.39 is 46.1 Å². The number of nitrogens with zero attached hydrogens (tertiary/aromatic N) is 4. The second kappa shape index (κ2) is 18.8. The van der Waals surface area contributed by atoms with Crippen molar-refractivity contribution in [1.29, 1.82) is 0 Å². The van der Waals surface area contributed by atoms with E-state index in [0.29, 0.717) is 77.2 Å². The van der Waals surface area contributed by atoms with Crippen LogP contribution >= 0.6 is 22.9 Å². The minimum atomic E-state index is -3.81. The van der Waals surface area contributed by atoms with Crippen LogP contribution in [0.4, 0.5) is 16.2 Å². The fraction of sp³-hybridized carbons (Fsp3) is 0.391. The quantitative estimate of drug-likeness (QED) is 0.0800. The predicted octanol–water partition coefficient (Wildman–Crippen LogP) is 6.46. The topological polar surface area (TPSA) is 239 Å². The van der Waals surface area contributed by atoms with E-state index in [4.69, 9.17) is 21.4 Å². The number of imide groups is 1. The summed E-state index contributed by atoms with van der Waals surface area (Å²) < 4.78 is 37.8. The number of aliphatic carboxylic acids is 1. The van der Waals surface area contributed by atoms with E-state index in [0.717, 1.165) is 16.9 Å². The number of carbonyl (C=O) groups excluding carboxylic acids is 3. The van der Waals surface area contributed by atoms with Crippen LogP contribution in [0, 0.1) is 0 Å². The first-order valence-electron chi connectivity index (χ1n) is 21.8. The third-order valence-electron chi connectivity index (χ3n) is 12.7. The van der Waals surface area contributed by atoms with Gasteiger partial charge < -0.3 is 30.5 Å². The lowest BCUT2D eigenvalue weighted by atomic mass is 9.89. The molecule has 5 heterocycles. The number of hydrogen-bond donors (Lipinski definition) is 5. The van der Waals surface area contributed by atoms with Gasteiger partial charge in [0.15, 0.2) is 17.2 Å². The van der Waals surface area contributed by atoms with Crippen LogP contribution in [0.5, 0.6) is 5.75 Å². The molecule has 5 N–H and O–H groups in total. The number of benzene rings is 3. The number of aromatic nitrogens is 2. The second-order valence-electron chi connectivity index (χ2n) is 17.8. The molecular weight excluding hydrogens is 926 g/mol. The minimum Gasteiger partial charge on any atom is -0.479 e. The van der Waals surface area contributed by atoms with E-state index in [1.54, 1.807) is 54.4 Å². The molecule has 3 aliphatic rings. The molecule has 5 aromatic rings. The lowest BCUT2D eigenvalue weighted by molar-refractivity contribution is -0.139. The van der Waals surface area contributed by atoms with Crippen molar-refractivity contribution >= 4 is 85.2 Å². The number of thiophene rings is 1. The fourth-order valence-electron chi connectivity index (χ4n) is 9.50. The molecule has 67 heavy (non-hydrogen) atoms. The molecule has 21 heteroatoms. The van der Waals surface area contributed by atoms with Crippen LogP contribution < -0.4 is 26.4 Å². The Morgan fingerprint density at radius 3 is 2.36 bits per heavy atom. The Morgan fingerprint density at radius 1 is 0.925 bits per heavy atom. The van der Waals surface area contributed by atoms with E-state index in [1.165, 1.54) is 13.4 Å². The highest BCUT2D eigenvalue weighted by Crippen LogP contribution is 2.46. The number of ether oxygens (including phenoxy) is 1. The van der Waals surface area contributed by atoms with Crippen LogP contribution in [-0.2, 0) is 37.2 Å². The molecule has 3 fully saturated rings. The van der Waals surface area contributed by atoms with Gasteiger partial charge in [0.25, 0.3) is 0 Å². The molecule has 3 aromatic carbocycles. The first kappa shape index (κ1) is 47.3. The number of aromatic carboxylic acids is 1. The molecule has 18 nitrogen and oxygen atoms in total. The van der Waals surface area contributed by atoms with Crippen LogP contribution in [0.25, 0.3) is 21.5 Å². The summed E-state index contributed by atoms with van der Waals surface area (Å²) in [5.74, 6) is -3.76. The number of fused-ring (bicyclic) bond motifs is 1. The highest BCUT2D eigenvalue weighted by atomic mass is 35.5. The summed E-state index contributed by atoms with van der Waals surface area (Å²) >= 11 is 7.40. The number of sulfonamides is 1. The summed E-state index contributed by atoms with van der Waals surface area (Å²) in [7, 11) is -2.15. The largest absolute Gasteiger partial charge is 0.479 e. The molecule has 0 aliphatic carbocycles. The number of amides is 4. The van der Waals surface area contributed by atoms with Crippen LogP contribution in [0.1, 0.15) is 85.1 Å². The van der Waals surface area contributed by atoms with E-state index in [9.17, 15) is 42.3 Å². The van der Waals surface area contributed by atoms with E-state index in [1.807, 2.05) is 38.1 Å².